The lowest BCUT2D eigenvalue weighted by Crippen LogP contribution is -1.91. The molecule has 2 aromatic heterocycles. The summed E-state index contributed by atoms with van der Waals surface area (Å²) in [6.07, 6.45) is 3.95. The fourth-order valence-electron chi connectivity index (χ4n) is 2.31. The molecular weight excluding hydrogens is 342 g/mol. The average molecular weight is 356 g/mol. The van der Waals surface area contributed by atoms with E-state index in [2.05, 4.69) is 46.6 Å². The maximum Gasteiger partial charge on any atom is 0.0901 e. The summed E-state index contributed by atoms with van der Waals surface area (Å²) >= 11 is 5.18. The second-order valence-corrected chi connectivity index (χ2v) is 7.80. The molecule has 0 aliphatic heterocycles. The molecule has 0 fully saturated rings. The van der Waals surface area contributed by atoms with Crippen LogP contribution in [0.4, 0.5) is 0 Å². The van der Waals surface area contributed by atoms with E-state index in [1.807, 2.05) is 17.8 Å². The zero-order valence-corrected chi connectivity index (χ0v) is 14.8. The second-order valence-electron chi connectivity index (χ2n) is 4.99. The molecule has 0 bridgehead atoms. The monoisotopic (exact) mass is 355 g/mol. The van der Waals surface area contributed by atoms with Crippen molar-refractivity contribution in [1.29, 1.82) is 0 Å². The Bertz CT molecular complexity index is 981. The number of hydrogen-bond acceptors (Lipinski definition) is 6. The third kappa shape index (κ3) is 3.20. The smallest absolute Gasteiger partial charge is 0.0901 e. The first-order valence-corrected chi connectivity index (χ1v) is 10.2. The lowest BCUT2D eigenvalue weighted by Gasteiger charge is -2.04. The van der Waals surface area contributed by atoms with E-state index in [-0.39, 0.29) is 0 Å². The summed E-state index contributed by atoms with van der Waals surface area (Å²) < 4.78 is 1.23. The minimum Gasteiger partial charge on any atom is -0.253 e. The molecule has 114 valence electrons. The van der Waals surface area contributed by atoms with Gasteiger partial charge in [-0.25, -0.2) is 9.97 Å². The molecule has 3 nitrogen and oxygen atoms in total. The van der Waals surface area contributed by atoms with Crippen molar-refractivity contribution < 1.29 is 0 Å². The highest BCUT2D eigenvalue weighted by Gasteiger charge is 2.04. The Morgan fingerprint density at radius 3 is 2.74 bits per heavy atom. The molecule has 0 atom stereocenters. The molecule has 0 N–H and O–H groups in total. The molecule has 6 heteroatoms. The lowest BCUT2D eigenvalue weighted by molar-refractivity contribution is 1.15. The molecule has 0 spiro atoms. The summed E-state index contributed by atoms with van der Waals surface area (Å²) in [5, 5.41) is 0. The van der Waals surface area contributed by atoms with Gasteiger partial charge in [0, 0.05) is 21.7 Å². The number of thiazole rings is 1. The Hall–Kier alpha value is -1.63. The highest BCUT2D eigenvalue weighted by molar-refractivity contribution is 7.98. The van der Waals surface area contributed by atoms with E-state index in [0.717, 1.165) is 28.0 Å². The minimum atomic E-state index is 0.816. The average Bonchev–Trinajstić information content (AvgIpc) is 3.07. The van der Waals surface area contributed by atoms with Crippen LogP contribution in [-0.4, -0.2) is 21.2 Å². The van der Waals surface area contributed by atoms with Crippen LogP contribution in [-0.2, 0) is 5.75 Å². The van der Waals surface area contributed by atoms with Gasteiger partial charge in [-0.2, -0.15) is 0 Å². The van der Waals surface area contributed by atoms with E-state index >= 15 is 0 Å². The van der Waals surface area contributed by atoms with Crippen molar-refractivity contribution in [3.05, 3.63) is 53.8 Å². The quantitative estimate of drug-likeness (QED) is 0.467. The van der Waals surface area contributed by atoms with Crippen LogP contribution in [0.3, 0.4) is 0 Å². The van der Waals surface area contributed by atoms with Crippen LogP contribution >= 0.6 is 34.9 Å². The number of fused-ring (bicyclic) bond motifs is 2. The molecule has 2 heterocycles. The first kappa shape index (κ1) is 14.9. The van der Waals surface area contributed by atoms with Crippen LogP contribution in [0.2, 0.25) is 0 Å². The SMILES string of the molecule is CSc1ccc2ncc(CSc3ccc4ncsc4c3)nc2c1. The molecule has 4 rings (SSSR count). The first-order valence-electron chi connectivity index (χ1n) is 7.07. The van der Waals surface area contributed by atoms with Crippen LogP contribution < -0.4 is 0 Å². The van der Waals surface area contributed by atoms with Gasteiger partial charge in [0.05, 0.1) is 32.5 Å². The number of nitrogens with zero attached hydrogens (tertiary/aromatic N) is 3. The van der Waals surface area contributed by atoms with E-state index in [1.165, 1.54) is 14.5 Å². The summed E-state index contributed by atoms with van der Waals surface area (Å²) in [6.45, 7) is 0. The summed E-state index contributed by atoms with van der Waals surface area (Å²) in [5.74, 6) is 0.816. The maximum atomic E-state index is 4.74. The highest BCUT2D eigenvalue weighted by atomic mass is 32.2. The fourth-order valence-corrected chi connectivity index (χ4v) is 4.35. The Kier molecular flexibility index (Phi) is 4.20. The Balaban J connectivity index is 1.56. The van der Waals surface area contributed by atoms with Crippen LogP contribution in [0, 0.1) is 0 Å². The van der Waals surface area contributed by atoms with Gasteiger partial charge in [0.15, 0.2) is 0 Å². The zero-order valence-electron chi connectivity index (χ0n) is 12.4. The van der Waals surface area contributed by atoms with Crippen molar-refractivity contribution in [3.8, 4) is 0 Å². The minimum absolute atomic E-state index is 0.816. The van der Waals surface area contributed by atoms with Crippen molar-refractivity contribution in [2.45, 2.75) is 15.5 Å². The van der Waals surface area contributed by atoms with Crippen molar-refractivity contribution >= 4 is 56.1 Å². The Morgan fingerprint density at radius 1 is 0.957 bits per heavy atom. The normalized spacial score (nSPS) is 11.3. The molecule has 0 aliphatic rings. The van der Waals surface area contributed by atoms with E-state index in [9.17, 15) is 0 Å². The molecule has 0 aliphatic carbocycles. The molecular formula is C17H13N3S3. The Labute approximate surface area is 146 Å². The van der Waals surface area contributed by atoms with Gasteiger partial charge < -0.3 is 0 Å². The van der Waals surface area contributed by atoms with E-state index in [1.54, 1.807) is 34.9 Å². The molecule has 0 unspecified atom stereocenters. The third-order valence-electron chi connectivity index (χ3n) is 3.49. The number of thioether (sulfide) groups is 2. The molecule has 0 saturated carbocycles. The number of aromatic nitrogens is 3. The number of benzene rings is 2. The van der Waals surface area contributed by atoms with Gasteiger partial charge >= 0.3 is 0 Å². The Morgan fingerprint density at radius 2 is 1.83 bits per heavy atom. The fraction of sp³-hybridized carbons (Fsp3) is 0.118. The van der Waals surface area contributed by atoms with Crippen LogP contribution in [0.1, 0.15) is 5.69 Å². The zero-order chi connectivity index (χ0) is 15.6. The number of hydrogen-bond donors (Lipinski definition) is 0. The maximum absolute atomic E-state index is 4.74. The summed E-state index contributed by atoms with van der Waals surface area (Å²) in [5.41, 5.74) is 5.87. The van der Waals surface area contributed by atoms with Gasteiger partial charge in [-0.3, -0.25) is 4.98 Å². The predicted octanol–water partition coefficient (Wildman–Crippen LogP) is 5.25. The number of rotatable bonds is 4. The van der Waals surface area contributed by atoms with Gasteiger partial charge in [-0.1, -0.05) is 0 Å². The van der Waals surface area contributed by atoms with Crippen molar-refractivity contribution in [1.82, 2.24) is 15.0 Å². The van der Waals surface area contributed by atoms with Gasteiger partial charge in [0.25, 0.3) is 0 Å². The topological polar surface area (TPSA) is 38.7 Å². The van der Waals surface area contributed by atoms with Crippen LogP contribution in [0.5, 0.6) is 0 Å². The summed E-state index contributed by atoms with van der Waals surface area (Å²) in [7, 11) is 0. The lowest BCUT2D eigenvalue weighted by atomic mass is 10.3. The summed E-state index contributed by atoms with van der Waals surface area (Å²) in [6, 6.07) is 12.6. The van der Waals surface area contributed by atoms with Gasteiger partial charge in [-0.05, 0) is 42.7 Å². The van der Waals surface area contributed by atoms with Gasteiger partial charge in [0.2, 0.25) is 0 Å². The van der Waals surface area contributed by atoms with Crippen molar-refractivity contribution in [2.75, 3.05) is 6.26 Å². The van der Waals surface area contributed by atoms with Crippen molar-refractivity contribution in [3.63, 3.8) is 0 Å². The molecule has 0 radical (unpaired) electrons. The standard InChI is InChI=1S/C17H13N3S3/c1-21-12-2-4-14-16(6-12)20-11(8-18-14)9-22-13-3-5-15-17(7-13)23-10-19-15/h2-8,10H,9H2,1H3. The molecule has 23 heavy (non-hydrogen) atoms. The van der Waals surface area contributed by atoms with Crippen LogP contribution in [0.25, 0.3) is 21.3 Å². The second kappa shape index (κ2) is 6.47. The van der Waals surface area contributed by atoms with Gasteiger partial charge in [0.1, 0.15) is 0 Å². The third-order valence-corrected chi connectivity index (χ3v) is 6.03. The van der Waals surface area contributed by atoms with E-state index in [0.29, 0.717) is 0 Å². The first-order chi connectivity index (χ1) is 11.3. The summed E-state index contributed by atoms with van der Waals surface area (Å²) in [4.78, 5) is 16.0. The highest BCUT2D eigenvalue weighted by Crippen LogP contribution is 2.28. The van der Waals surface area contributed by atoms with Crippen LogP contribution in [0.15, 0.2) is 57.9 Å². The molecule has 0 amide bonds. The predicted molar refractivity (Wildman–Crippen MR) is 101 cm³/mol. The molecule has 2 aromatic carbocycles. The van der Waals surface area contributed by atoms with Gasteiger partial charge in [-0.15, -0.1) is 34.9 Å². The van der Waals surface area contributed by atoms with E-state index in [4.69, 9.17) is 4.98 Å². The molecule has 4 aromatic rings. The van der Waals surface area contributed by atoms with Crippen molar-refractivity contribution in [2.24, 2.45) is 0 Å². The molecule has 0 saturated heterocycles. The largest absolute Gasteiger partial charge is 0.253 e. The van der Waals surface area contributed by atoms with E-state index < -0.39 is 0 Å².